The van der Waals surface area contributed by atoms with Crippen molar-refractivity contribution in [3.63, 3.8) is 0 Å². The number of ether oxygens (including phenoxy) is 1. The van der Waals surface area contributed by atoms with Crippen LogP contribution in [0.2, 0.25) is 0 Å². The minimum absolute atomic E-state index is 0.0188. The number of hydrogen-bond acceptors (Lipinski definition) is 5. The number of benzene rings is 2. The van der Waals surface area contributed by atoms with Crippen LogP contribution in [0.1, 0.15) is 5.56 Å². The average molecular weight is 474 g/mol. The average Bonchev–Trinajstić information content (AvgIpc) is 2.53. The van der Waals surface area contributed by atoms with Gasteiger partial charge < -0.3 is 15.4 Å². The monoisotopic (exact) mass is 474 g/mol. The third-order valence-electron chi connectivity index (χ3n) is 3.37. The fourth-order valence-electron chi connectivity index (χ4n) is 2.27. The summed E-state index contributed by atoms with van der Waals surface area (Å²) in [6.45, 7) is 1.76. The summed E-state index contributed by atoms with van der Waals surface area (Å²) in [4.78, 5) is 12.2. The molecule has 134 valence electrons. The summed E-state index contributed by atoms with van der Waals surface area (Å²) in [6.07, 6.45) is 1.12. The molecule has 0 fully saturated rings. The molecule has 0 spiro atoms. The van der Waals surface area contributed by atoms with E-state index in [-0.39, 0.29) is 23.1 Å². The SMILES string of the molecule is COc1c(NCC(=O)Nc2ccc(I)cc2)cc(C)cc1S(C)(=O)=O. The predicted octanol–water partition coefficient (Wildman–Crippen LogP) is 3.06. The second kappa shape index (κ2) is 8.05. The highest BCUT2D eigenvalue weighted by molar-refractivity contribution is 14.1. The summed E-state index contributed by atoms with van der Waals surface area (Å²) in [5.74, 6) is -0.0409. The first-order valence-electron chi connectivity index (χ1n) is 7.38. The van der Waals surface area contributed by atoms with E-state index in [0.717, 1.165) is 15.4 Å². The highest BCUT2D eigenvalue weighted by Gasteiger charge is 2.19. The first-order valence-corrected chi connectivity index (χ1v) is 10.4. The Bertz CT molecular complexity index is 880. The third-order valence-corrected chi connectivity index (χ3v) is 5.19. The van der Waals surface area contributed by atoms with Gasteiger partial charge in [0, 0.05) is 15.5 Å². The van der Waals surface area contributed by atoms with Gasteiger partial charge in [-0.15, -0.1) is 0 Å². The first kappa shape index (κ1) is 19.5. The molecule has 0 atom stereocenters. The second-order valence-corrected chi connectivity index (χ2v) is 8.75. The Morgan fingerprint density at radius 1 is 1.20 bits per heavy atom. The lowest BCUT2D eigenvalue weighted by Crippen LogP contribution is -2.22. The molecule has 1 amide bonds. The number of carbonyl (C=O) groups excluding carboxylic acids is 1. The molecule has 25 heavy (non-hydrogen) atoms. The van der Waals surface area contributed by atoms with Crippen molar-refractivity contribution in [3.05, 3.63) is 45.5 Å². The van der Waals surface area contributed by atoms with Crippen molar-refractivity contribution in [1.29, 1.82) is 0 Å². The van der Waals surface area contributed by atoms with Gasteiger partial charge in [0.05, 0.1) is 19.3 Å². The standard InChI is InChI=1S/C17H19IN2O4S/c1-11-8-14(17(24-2)15(9-11)25(3,22)23)19-10-16(21)20-13-6-4-12(18)5-7-13/h4-9,19H,10H2,1-3H3,(H,20,21). The minimum atomic E-state index is -3.45. The summed E-state index contributed by atoms with van der Waals surface area (Å²) in [5, 5.41) is 5.72. The van der Waals surface area contributed by atoms with E-state index in [1.807, 2.05) is 24.3 Å². The molecular formula is C17H19IN2O4S. The van der Waals surface area contributed by atoms with E-state index in [9.17, 15) is 13.2 Å². The van der Waals surface area contributed by atoms with Crippen LogP contribution in [0.4, 0.5) is 11.4 Å². The van der Waals surface area contributed by atoms with Gasteiger partial charge >= 0.3 is 0 Å². The highest BCUT2D eigenvalue weighted by atomic mass is 127. The van der Waals surface area contributed by atoms with Crippen molar-refractivity contribution in [2.24, 2.45) is 0 Å². The van der Waals surface area contributed by atoms with Crippen LogP contribution in [-0.4, -0.2) is 34.2 Å². The molecule has 0 aliphatic carbocycles. The molecule has 0 unspecified atom stereocenters. The van der Waals surface area contributed by atoms with Crippen LogP contribution < -0.4 is 15.4 Å². The maximum atomic E-state index is 12.1. The molecule has 0 aliphatic rings. The minimum Gasteiger partial charge on any atom is -0.493 e. The third kappa shape index (κ3) is 5.33. The zero-order valence-electron chi connectivity index (χ0n) is 14.1. The number of nitrogens with one attached hydrogen (secondary N) is 2. The normalized spacial score (nSPS) is 11.0. The van der Waals surface area contributed by atoms with Gasteiger partial charge in [0.15, 0.2) is 15.6 Å². The van der Waals surface area contributed by atoms with Crippen molar-refractivity contribution < 1.29 is 17.9 Å². The molecule has 0 heterocycles. The lowest BCUT2D eigenvalue weighted by atomic mass is 10.2. The molecular weight excluding hydrogens is 455 g/mol. The van der Waals surface area contributed by atoms with Gasteiger partial charge in [0.25, 0.3) is 0 Å². The molecule has 0 bridgehead atoms. The summed E-state index contributed by atoms with van der Waals surface area (Å²) < 4.78 is 30.2. The van der Waals surface area contributed by atoms with E-state index < -0.39 is 9.84 Å². The zero-order valence-corrected chi connectivity index (χ0v) is 17.1. The molecule has 2 rings (SSSR count). The maximum Gasteiger partial charge on any atom is 0.243 e. The van der Waals surface area contributed by atoms with Crippen LogP contribution in [0.5, 0.6) is 5.75 Å². The number of carbonyl (C=O) groups is 1. The molecule has 0 radical (unpaired) electrons. The van der Waals surface area contributed by atoms with Gasteiger partial charge in [0.1, 0.15) is 4.90 Å². The molecule has 2 N–H and O–H groups in total. The molecule has 6 nitrogen and oxygen atoms in total. The van der Waals surface area contributed by atoms with Crippen molar-refractivity contribution in [2.45, 2.75) is 11.8 Å². The quantitative estimate of drug-likeness (QED) is 0.629. The second-order valence-electron chi connectivity index (χ2n) is 5.52. The van der Waals surface area contributed by atoms with E-state index in [4.69, 9.17) is 4.74 Å². The largest absolute Gasteiger partial charge is 0.493 e. The summed E-state index contributed by atoms with van der Waals surface area (Å²) in [7, 11) is -2.05. The molecule has 8 heteroatoms. The van der Waals surface area contributed by atoms with Gasteiger partial charge in [0.2, 0.25) is 5.91 Å². The summed E-state index contributed by atoms with van der Waals surface area (Å²) in [5.41, 5.74) is 1.91. The van der Waals surface area contributed by atoms with Gasteiger partial charge in [-0.25, -0.2) is 8.42 Å². The predicted molar refractivity (Wildman–Crippen MR) is 107 cm³/mol. The summed E-state index contributed by atoms with van der Waals surface area (Å²) >= 11 is 2.19. The van der Waals surface area contributed by atoms with E-state index in [1.165, 1.54) is 7.11 Å². The number of hydrogen-bond donors (Lipinski definition) is 2. The van der Waals surface area contributed by atoms with Crippen LogP contribution in [0.3, 0.4) is 0 Å². The van der Waals surface area contributed by atoms with Gasteiger partial charge in [-0.1, -0.05) is 0 Å². The maximum absolute atomic E-state index is 12.1. The van der Waals surface area contributed by atoms with Crippen molar-refractivity contribution in [1.82, 2.24) is 0 Å². The molecule has 0 aromatic heterocycles. The Morgan fingerprint density at radius 2 is 1.84 bits per heavy atom. The van der Waals surface area contributed by atoms with Crippen molar-refractivity contribution in [2.75, 3.05) is 30.5 Å². The molecule has 2 aromatic carbocycles. The van der Waals surface area contributed by atoms with Crippen molar-refractivity contribution in [3.8, 4) is 5.75 Å². The Labute approximate surface area is 161 Å². The fraction of sp³-hybridized carbons (Fsp3) is 0.235. The van der Waals surface area contributed by atoms with Gasteiger partial charge in [-0.3, -0.25) is 4.79 Å². The number of sulfone groups is 1. The van der Waals surface area contributed by atoms with Gasteiger partial charge in [-0.05, 0) is 71.5 Å². The number of methoxy groups -OCH3 is 1. The van der Waals surface area contributed by atoms with Crippen LogP contribution in [0, 0.1) is 10.5 Å². The fourth-order valence-corrected chi connectivity index (χ4v) is 3.56. The number of aryl methyl sites for hydroxylation is 1. The Balaban J connectivity index is 2.16. The van der Waals surface area contributed by atoms with E-state index in [2.05, 4.69) is 33.2 Å². The molecule has 0 saturated carbocycles. The number of amides is 1. The smallest absolute Gasteiger partial charge is 0.243 e. The number of rotatable bonds is 6. The topological polar surface area (TPSA) is 84.5 Å². The number of halogens is 1. The first-order chi connectivity index (χ1) is 11.7. The van der Waals surface area contributed by atoms with E-state index in [0.29, 0.717) is 11.4 Å². The Hall–Kier alpha value is -1.81. The lowest BCUT2D eigenvalue weighted by molar-refractivity contribution is -0.114. The van der Waals surface area contributed by atoms with Crippen LogP contribution in [0.25, 0.3) is 0 Å². The highest BCUT2D eigenvalue weighted by Crippen LogP contribution is 2.33. The Morgan fingerprint density at radius 3 is 2.40 bits per heavy atom. The zero-order chi connectivity index (χ0) is 18.6. The van der Waals surface area contributed by atoms with Gasteiger partial charge in [-0.2, -0.15) is 0 Å². The van der Waals surface area contributed by atoms with E-state index in [1.54, 1.807) is 19.1 Å². The Kier molecular flexibility index (Phi) is 6.28. The molecule has 0 aliphatic heterocycles. The molecule has 0 saturated heterocycles. The summed E-state index contributed by atoms with van der Waals surface area (Å²) in [6, 6.07) is 10.7. The molecule has 2 aromatic rings. The van der Waals surface area contributed by atoms with Crippen LogP contribution in [-0.2, 0) is 14.6 Å². The van der Waals surface area contributed by atoms with Crippen LogP contribution >= 0.6 is 22.6 Å². The van der Waals surface area contributed by atoms with E-state index >= 15 is 0 Å². The number of anilines is 2. The van der Waals surface area contributed by atoms with Crippen LogP contribution in [0.15, 0.2) is 41.3 Å². The lowest BCUT2D eigenvalue weighted by Gasteiger charge is -2.15. The van der Waals surface area contributed by atoms with Crippen molar-refractivity contribution >= 4 is 49.7 Å².